The Balaban J connectivity index is 1.10. The number of thiophene rings is 1. The molecule has 3 heterocycles. The van der Waals surface area contributed by atoms with E-state index in [9.17, 15) is 0 Å². The fraction of sp³-hybridized carbons (Fsp3) is 0. The van der Waals surface area contributed by atoms with Crippen molar-refractivity contribution < 1.29 is 0 Å². The molecule has 0 aliphatic carbocycles. The molecule has 51 heavy (non-hydrogen) atoms. The van der Waals surface area contributed by atoms with Gasteiger partial charge in [-0.25, -0.2) is 19.9 Å². The van der Waals surface area contributed by atoms with Crippen molar-refractivity contribution in [1.29, 1.82) is 0 Å². The summed E-state index contributed by atoms with van der Waals surface area (Å²) < 4.78 is 2.54. The molecular formula is C46H28N4S. The van der Waals surface area contributed by atoms with Crippen molar-refractivity contribution in [2.75, 3.05) is 0 Å². The van der Waals surface area contributed by atoms with Crippen LogP contribution in [0.15, 0.2) is 170 Å². The summed E-state index contributed by atoms with van der Waals surface area (Å²) in [7, 11) is 0. The zero-order chi connectivity index (χ0) is 33.7. The van der Waals surface area contributed by atoms with E-state index in [1.807, 2.05) is 72.0 Å². The molecule has 0 fully saturated rings. The van der Waals surface area contributed by atoms with Crippen molar-refractivity contribution in [2.24, 2.45) is 0 Å². The first-order valence-electron chi connectivity index (χ1n) is 17.0. The van der Waals surface area contributed by atoms with Gasteiger partial charge in [-0.15, -0.1) is 11.3 Å². The molecule has 5 heteroatoms. The van der Waals surface area contributed by atoms with Gasteiger partial charge in [-0.05, 0) is 34.0 Å². The second-order valence-electron chi connectivity index (χ2n) is 12.6. The van der Waals surface area contributed by atoms with E-state index in [4.69, 9.17) is 19.9 Å². The number of pyridine rings is 1. The van der Waals surface area contributed by atoms with Crippen LogP contribution in [0.5, 0.6) is 0 Å². The first-order valence-corrected chi connectivity index (χ1v) is 17.8. The number of fused-ring (bicyclic) bond motifs is 6. The van der Waals surface area contributed by atoms with Gasteiger partial charge in [-0.2, -0.15) is 0 Å². The summed E-state index contributed by atoms with van der Waals surface area (Å²) in [5, 5.41) is 6.06. The van der Waals surface area contributed by atoms with Gasteiger partial charge >= 0.3 is 0 Å². The highest BCUT2D eigenvalue weighted by Gasteiger charge is 2.18. The normalized spacial score (nSPS) is 11.5. The molecule has 10 aromatic rings. The summed E-state index contributed by atoms with van der Waals surface area (Å²) in [4.78, 5) is 20.1. The molecule has 7 aromatic carbocycles. The van der Waals surface area contributed by atoms with Gasteiger partial charge in [0.1, 0.15) is 0 Å². The van der Waals surface area contributed by atoms with Crippen LogP contribution in [0.2, 0.25) is 0 Å². The number of aromatic nitrogens is 4. The second-order valence-corrected chi connectivity index (χ2v) is 13.7. The van der Waals surface area contributed by atoms with Crippen LogP contribution < -0.4 is 0 Å². The van der Waals surface area contributed by atoms with E-state index >= 15 is 0 Å². The topological polar surface area (TPSA) is 51.6 Å². The highest BCUT2D eigenvalue weighted by atomic mass is 32.1. The van der Waals surface area contributed by atoms with Gasteiger partial charge in [0.25, 0.3) is 0 Å². The third-order valence-corrected chi connectivity index (χ3v) is 10.7. The standard InChI is InChI=1S/C46H28N4S/c1-3-13-31(14-4-1)44-48-45(32-15-5-2-6-16-32)50-46(49-44)33-24-22-29(23-25-33)34-26-27-37-39(28-34)47-42(36-20-11-17-30-12-7-8-18-35(30)36)41-38-19-9-10-21-40(38)51-43(37)41/h1-28H. The Morgan fingerprint density at radius 1 is 0.373 bits per heavy atom. The maximum absolute atomic E-state index is 5.45. The fourth-order valence-corrected chi connectivity index (χ4v) is 8.26. The number of hydrogen-bond donors (Lipinski definition) is 0. The van der Waals surface area contributed by atoms with Crippen molar-refractivity contribution in [3.8, 4) is 56.5 Å². The molecule has 10 rings (SSSR count). The summed E-state index contributed by atoms with van der Waals surface area (Å²) >= 11 is 1.85. The van der Waals surface area contributed by atoms with Crippen LogP contribution in [-0.2, 0) is 0 Å². The maximum Gasteiger partial charge on any atom is 0.164 e. The molecule has 0 saturated carbocycles. The van der Waals surface area contributed by atoms with E-state index < -0.39 is 0 Å². The largest absolute Gasteiger partial charge is 0.247 e. The lowest BCUT2D eigenvalue weighted by atomic mass is 9.96. The Labute approximate surface area is 298 Å². The van der Waals surface area contributed by atoms with Crippen molar-refractivity contribution >= 4 is 53.2 Å². The van der Waals surface area contributed by atoms with Crippen molar-refractivity contribution in [1.82, 2.24) is 19.9 Å². The molecule has 0 radical (unpaired) electrons. The minimum Gasteiger partial charge on any atom is -0.247 e. The summed E-state index contributed by atoms with van der Waals surface area (Å²) in [6.45, 7) is 0. The molecule has 0 atom stereocenters. The van der Waals surface area contributed by atoms with E-state index in [1.54, 1.807) is 0 Å². The minimum absolute atomic E-state index is 0.640. The van der Waals surface area contributed by atoms with Crippen molar-refractivity contribution in [2.45, 2.75) is 0 Å². The predicted octanol–water partition coefficient (Wildman–Crippen LogP) is 12.3. The third-order valence-electron chi connectivity index (χ3n) is 9.53. The van der Waals surface area contributed by atoms with Crippen LogP contribution >= 0.6 is 11.3 Å². The van der Waals surface area contributed by atoms with Gasteiger partial charge < -0.3 is 0 Å². The molecule has 3 aromatic heterocycles. The number of hydrogen-bond acceptors (Lipinski definition) is 5. The molecule has 0 unspecified atom stereocenters. The second kappa shape index (κ2) is 12.1. The van der Waals surface area contributed by atoms with Gasteiger partial charge in [0.15, 0.2) is 17.5 Å². The molecule has 0 saturated heterocycles. The average Bonchev–Trinajstić information content (AvgIpc) is 3.61. The lowest BCUT2D eigenvalue weighted by molar-refractivity contribution is 1.07. The molecule has 0 aliphatic heterocycles. The number of nitrogens with zero attached hydrogens (tertiary/aromatic N) is 4. The fourth-order valence-electron chi connectivity index (χ4n) is 7.02. The highest BCUT2D eigenvalue weighted by molar-refractivity contribution is 7.26. The highest BCUT2D eigenvalue weighted by Crippen LogP contribution is 2.44. The SMILES string of the molecule is c1ccc(-c2nc(-c3ccccc3)nc(-c3ccc(-c4ccc5c(c4)nc(-c4cccc6ccccc46)c4c6ccccc6sc54)cc3)n2)cc1. The Morgan fingerprint density at radius 3 is 1.63 bits per heavy atom. The third kappa shape index (κ3) is 5.14. The van der Waals surface area contributed by atoms with E-state index in [0.717, 1.165) is 44.6 Å². The van der Waals surface area contributed by atoms with Gasteiger partial charge in [0, 0.05) is 47.8 Å². The Hall–Kier alpha value is -6.56. The van der Waals surface area contributed by atoms with E-state index in [2.05, 4.69) is 109 Å². The first kappa shape index (κ1) is 29.4. The number of benzene rings is 7. The van der Waals surface area contributed by atoms with Crippen LogP contribution in [0.1, 0.15) is 0 Å². The van der Waals surface area contributed by atoms with E-state index in [-0.39, 0.29) is 0 Å². The molecular weight excluding hydrogens is 641 g/mol. The van der Waals surface area contributed by atoms with Crippen LogP contribution in [0.3, 0.4) is 0 Å². The predicted molar refractivity (Wildman–Crippen MR) is 213 cm³/mol. The van der Waals surface area contributed by atoms with Gasteiger partial charge in [-0.1, -0.05) is 158 Å². The van der Waals surface area contributed by atoms with Crippen LogP contribution in [0.4, 0.5) is 0 Å². The van der Waals surface area contributed by atoms with Crippen LogP contribution in [-0.4, -0.2) is 19.9 Å². The van der Waals surface area contributed by atoms with E-state index in [0.29, 0.717) is 17.5 Å². The monoisotopic (exact) mass is 668 g/mol. The summed E-state index contributed by atoms with van der Waals surface area (Å²) in [5.74, 6) is 1.94. The van der Waals surface area contributed by atoms with E-state index in [1.165, 1.54) is 36.3 Å². The Morgan fingerprint density at radius 2 is 0.922 bits per heavy atom. The molecule has 4 nitrogen and oxygen atoms in total. The van der Waals surface area contributed by atoms with Crippen LogP contribution in [0, 0.1) is 0 Å². The average molecular weight is 669 g/mol. The Bertz CT molecular complexity index is 2840. The van der Waals surface area contributed by atoms with Gasteiger partial charge in [0.2, 0.25) is 0 Å². The quantitative estimate of drug-likeness (QED) is 0.183. The molecule has 0 spiro atoms. The summed E-state index contributed by atoms with van der Waals surface area (Å²) in [6, 6.07) is 59.1. The van der Waals surface area contributed by atoms with Crippen LogP contribution in [0.25, 0.3) is 98.4 Å². The molecule has 238 valence electrons. The molecule has 0 amide bonds. The summed E-state index contributed by atoms with van der Waals surface area (Å²) in [5.41, 5.74) is 8.21. The zero-order valence-corrected chi connectivity index (χ0v) is 28.2. The van der Waals surface area contributed by atoms with Gasteiger partial charge in [-0.3, -0.25) is 0 Å². The maximum atomic E-state index is 5.45. The smallest absolute Gasteiger partial charge is 0.164 e. The zero-order valence-electron chi connectivity index (χ0n) is 27.4. The van der Waals surface area contributed by atoms with Crippen molar-refractivity contribution in [3.05, 3.63) is 170 Å². The lowest BCUT2D eigenvalue weighted by Crippen LogP contribution is -2.00. The molecule has 0 N–H and O–H groups in total. The van der Waals surface area contributed by atoms with Gasteiger partial charge in [0.05, 0.1) is 11.2 Å². The molecule has 0 bridgehead atoms. The summed E-state index contributed by atoms with van der Waals surface area (Å²) in [6.07, 6.45) is 0. The number of rotatable bonds is 5. The minimum atomic E-state index is 0.640. The van der Waals surface area contributed by atoms with Crippen molar-refractivity contribution in [3.63, 3.8) is 0 Å². The first-order chi connectivity index (χ1) is 25.3. The lowest BCUT2D eigenvalue weighted by Gasteiger charge is -2.12. The molecule has 0 aliphatic rings. The Kier molecular flexibility index (Phi) is 6.96.